The number of benzene rings is 1. The Morgan fingerprint density at radius 2 is 2.09 bits per heavy atom. The molecule has 1 atom stereocenters. The maximum Gasteiger partial charge on any atom is 0.268 e. The van der Waals surface area contributed by atoms with E-state index in [1.165, 1.54) is 22.4 Å². The minimum Gasteiger partial charge on any atom is -0.307 e. The molecule has 1 aromatic carbocycles. The standard InChI is InChI=1S/C19H21NOS/c1-13-8-9-17-15(11-13)12-18(22-17)19(21)20-10-4-6-14-5-2-3-7-16(14)20/h2-3,5,7,12-13H,4,6,8-11H2,1H3. The summed E-state index contributed by atoms with van der Waals surface area (Å²) in [6.07, 6.45) is 5.68. The third-order valence-electron chi connectivity index (χ3n) is 4.90. The molecule has 3 heteroatoms. The van der Waals surface area contributed by atoms with E-state index in [0.29, 0.717) is 0 Å². The molecular formula is C19H21NOS. The molecule has 1 aromatic heterocycles. The van der Waals surface area contributed by atoms with Gasteiger partial charge in [-0.15, -0.1) is 11.3 Å². The zero-order chi connectivity index (χ0) is 15.1. The van der Waals surface area contributed by atoms with E-state index in [9.17, 15) is 4.79 Å². The number of carbonyl (C=O) groups excluding carboxylic acids is 1. The van der Waals surface area contributed by atoms with Crippen molar-refractivity contribution in [2.75, 3.05) is 11.4 Å². The molecule has 0 N–H and O–H groups in total. The van der Waals surface area contributed by atoms with Crippen molar-refractivity contribution in [2.24, 2.45) is 5.92 Å². The number of para-hydroxylation sites is 1. The Hall–Kier alpha value is -1.61. The minimum absolute atomic E-state index is 0.194. The van der Waals surface area contributed by atoms with Crippen molar-refractivity contribution in [3.05, 3.63) is 51.2 Å². The van der Waals surface area contributed by atoms with Gasteiger partial charge in [0.15, 0.2) is 0 Å². The molecule has 1 unspecified atom stereocenters. The summed E-state index contributed by atoms with van der Waals surface area (Å²) in [5.41, 5.74) is 3.83. The van der Waals surface area contributed by atoms with E-state index >= 15 is 0 Å². The van der Waals surface area contributed by atoms with Crippen LogP contribution in [0.4, 0.5) is 5.69 Å². The van der Waals surface area contributed by atoms with Crippen LogP contribution in [-0.4, -0.2) is 12.5 Å². The molecule has 2 aliphatic rings. The van der Waals surface area contributed by atoms with Crippen LogP contribution in [0.5, 0.6) is 0 Å². The van der Waals surface area contributed by atoms with Crippen molar-refractivity contribution in [3.8, 4) is 0 Å². The predicted octanol–water partition coefficient (Wildman–Crippen LogP) is 4.47. The average Bonchev–Trinajstić information content (AvgIpc) is 2.96. The van der Waals surface area contributed by atoms with E-state index in [-0.39, 0.29) is 5.91 Å². The zero-order valence-electron chi connectivity index (χ0n) is 13.0. The van der Waals surface area contributed by atoms with Crippen molar-refractivity contribution in [1.29, 1.82) is 0 Å². The molecule has 2 nitrogen and oxygen atoms in total. The number of rotatable bonds is 1. The molecule has 0 spiro atoms. The number of amides is 1. The van der Waals surface area contributed by atoms with Crippen LogP contribution < -0.4 is 4.90 Å². The monoisotopic (exact) mass is 311 g/mol. The number of nitrogens with zero attached hydrogens (tertiary/aromatic N) is 1. The molecule has 0 fully saturated rings. The second-order valence-corrected chi connectivity index (χ2v) is 7.73. The third kappa shape index (κ3) is 2.38. The largest absolute Gasteiger partial charge is 0.307 e. The Morgan fingerprint density at radius 3 is 3.00 bits per heavy atom. The van der Waals surface area contributed by atoms with E-state index in [1.54, 1.807) is 11.3 Å². The van der Waals surface area contributed by atoms with E-state index in [0.717, 1.165) is 48.7 Å². The summed E-state index contributed by atoms with van der Waals surface area (Å²) < 4.78 is 0. The number of hydrogen-bond donors (Lipinski definition) is 0. The molecule has 2 heterocycles. The topological polar surface area (TPSA) is 20.3 Å². The van der Waals surface area contributed by atoms with Gasteiger partial charge >= 0.3 is 0 Å². The maximum absolute atomic E-state index is 13.0. The van der Waals surface area contributed by atoms with Crippen LogP contribution in [0.15, 0.2) is 30.3 Å². The first-order valence-corrected chi connectivity index (χ1v) is 9.05. The van der Waals surface area contributed by atoms with Gasteiger partial charge in [0.05, 0.1) is 4.88 Å². The Bertz CT molecular complexity index is 718. The van der Waals surface area contributed by atoms with Gasteiger partial charge in [-0.2, -0.15) is 0 Å². The summed E-state index contributed by atoms with van der Waals surface area (Å²) in [5.74, 6) is 0.944. The van der Waals surface area contributed by atoms with Gasteiger partial charge in [-0.25, -0.2) is 0 Å². The Balaban J connectivity index is 1.66. The van der Waals surface area contributed by atoms with E-state index < -0.39 is 0 Å². The quantitative estimate of drug-likeness (QED) is 0.761. The van der Waals surface area contributed by atoms with Gasteiger partial charge < -0.3 is 4.90 Å². The predicted molar refractivity (Wildman–Crippen MR) is 91.9 cm³/mol. The van der Waals surface area contributed by atoms with Crippen molar-refractivity contribution in [3.63, 3.8) is 0 Å². The SMILES string of the molecule is CC1CCc2sc(C(=O)N3CCCc4ccccc43)cc2C1. The fourth-order valence-electron chi connectivity index (χ4n) is 3.69. The summed E-state index contributed by atoms with van der Waals surface area (Å²) >= 11 is 1.72. The Morgan fingerprint density at radius 1 is 1.23 bits per heavy atom. The lowest BCUT2D eigenvalue weighted by Gasteiger charge is -2.29. The fourth-order valence-corrected chi connectivity index (χ4v) is 4.85. The highest BCUT2D eigenvalue weighted by molar-refractivity contribution is 7.14. The van der Waals surface area contributed by atoms with Crippen LogP contribution in [0.1, 0.15) is 45.4 Å². The van der Waals surface area contributed by atoms with E-state index in [4.69, 9.17) is 0 Å². The average molecular weight is 311 g/mol. The summed E-state index contributed by atoms with van der Waals surface area (Å²) in [4.78, 5) is 17.3. The van der Waals surface area contributed by atoms with Gasteiger partial charge in [-0.1, -0.05) is 25.1 Å². The van der Waals surface area contributed by atoms with Crippen LogP contribution in [0.25, 0.3) is 0 Å². The van der Waals surface area contributed by atoms with E-state index in [2.05, 4.69) is 31.2 Å². The second kappa shape index (κ2) is 5.54. The molecule has 22 heavy (non-hydrogen) atoms. The van der Waals surface area contributed by atoms with Gasteiger partial charge in [0, 0.05) is 17.1 Å². The molecule has 1 amide bonds. The van der Waals surface area contributed by atoms with Gasteiger partial charge in [0.2, 0.25) is 0 Å². The van der Waals surface area contributed by atoms with Crippen molar-refractivity contribution < 1.29 is 4.79 Å². The summed E-state index contributed by atoms with van der Waals surface area (Å²) in [6.45, 7) is 3.15. The minimum atomic E-state index is 0.194. The molecule has 0 bridgehead atoms. The Labute approximate surface area is 135 Å². The lowest BCUT2D eigenvalue weighted by molar-refractivity contribution is 0.0989. The van der Waals surface area contributed by atoms with Crippen LogP contribution >= 0.6 is 11.3 Å². The van der Waals surface area contributed by atoms with E-state index in [1.807, 2.05) is 11.0 Å². The maximum atomic E-state index is 13.0. The van der Waals surface area contributed by atoms with Crippen molar-refractivity contribution in [1.82, 2.24) is 0 Å². The first kappa shape index (κ1) is 14.0. The van der Waals surface area contributed by atoms with Crippen molar-refractivity contribution in [2.45, 2.75) is 39.0 Å². The van der Waals surface area contributed by atoms with Crippen LogP contribution in [0.2, 0.25) is 0 Å². The number of fused-ring (bicyclic) bond motifs is 2. The lowest BCUT2D eigenvalue weighted by Crippen LogP contribution is -2.34. The molecule has 4 rings (SSSR count). The molecule has 0 saturated heterocycles. The van der Waals surface area contributed by atoms with Crippen LogP contribution in [-0.2, 0) is 19.3 Å². The normalized spacial score (nSPS) is 20.4. The number of hydrogen-bond acceptors (Lipinski definition) is 2. The van der Waals surface area contributed by atoms with Crippen LogP contribution in [0, 0.1) is 5.92 Å². The van der Waals surface area contributed by atoms with Gasteiger partial charge in [-0.3, -0.25) is 4.79 Å². The first-order valence-electron chi connectivity index (χ1n) is 8.24. The Kier molecular flexibility index (Phi) is 3.53. The highest BCUT2D eigenvalue weighted by Gasteiger charge is 2.26. The molecular weight excluding hydrogens is 290 g/mol. The molecule has 114 valence electrons. The van der Waals surface area contributed by atoms with Gasteiger partial charge in [-0.05, 0) is 61.3 Å². The molecule has 1 aliphatic heterocycles. The van der Waals surface area contributed by atoms with Gasteiger partial charge in [0.25, 0.3) is 5.91 Å². The molecule has 0 saturated carbocycles. The number of thiophene rings is 1. The number of aryl methyl sites for hydroxylation is 2. The fraction of sp³-hybridized carbons (Fsp3) is 0.421. The first-order chi connectivity index (χ1) is 10.7. The molecule has 2 aromatic rings. The smallest absolute Gasteiger partial charge is 0.268 e. The number of carbonyl (C=O) groups is 1. The summed E-state index contributed by atoms with van der Waals surface area (Å²) in [6, 6.07) is 10.5. The highest BCUT2D eigenvalue weighted by atomic mass is 32.1. The summed E-state index contributed by atoms with van der Waals surface area (Å²) in [7, 11) is 0. The second-order valence-electron chi connectivity index (χ2n) is 6.60. The molecule has 1 aliphatic carbocycles. The number of anilines is 1. The van der Waals surface area contributed by atoms with Crippen LogP contribution in [0.3, 0.4) is 0 Å². The lowest BCUT2D eigenvalue weighted by atomic mass is 9.90. The van der Waals surface area contributed by atoms with Crippen molar-refractivity contribution >= 4 is 22.9 Å². The van der Waals surface area contributed by atoms with Gasteiger partial charge in [0.1, 0.15) is 0 Å². The molecule has 0 radical (unpaired) electrons. The summed E-state index contributed by atoms with van der Waals surface area (Å²) in [5, 5.41) is 0. The highest BCUT2D eigenvalue weighted by Crippen LogP contribution is 2.34. The third-order valence-corrected chi connectivity index (χ3v) is 6.12. The zero-order valence-corrected chi connectivity index (χ0v) is 13.8.